The lowest BCUT2D eigenvalue weighted by molar-refractivity contribution is -0.145. The van der Waals surface area contributed by atoms with Gasteiger partial charge in [0.25, 0.3) is 0 Å². The number of nitrogens with one attached hydrogen (secondary N) is 1. The number of anilines is 1. The maximum Gasteiger partial charge on any atom is 0.310 e. The molecule has 22 heavy (non-hydrogen) atoms. The van der Waals surface area contributed by atoms with Gasteiger partial charge in [-0.15, -0.1) is 0 Å². The lowest BCUT2D eigenvalue weighted by Crippen LogP contribution is -2.39. The highest BCUT2D eigenvalue weighted by atomic mass is 16.5. The van der Waals surface area contributed by atoms with Gasteiger partial charge in [-0.3, -0.25) is 9.59 Å². The zero-order chi connectivity index (χ0) is 15.7. The monoisotopic (exact) mass is 303 g/mol. The van der Waals surface area contributed by atoms with Gasteiger partial charge in [-0.1, -0.05) is 12.2 Å². The predicted octanol–water partition coefficient (Wildman–Crippen LogP) is 1.68. The molecule has 2 heterocycles. The lowest BCUT2D eigenvalue weighted by Gasteiger charge is -2.21. The van der Waals surface area contributed by atoms with E-state index in [0.29, 0.717) is 12.3 Å². The van der Waals surface area contributed by atoms with E-state index in [4.69, 9.17) is 9.47 Å². The van der Waals surface area contributed by atoms with E-state index in [-0.39, 0.29) is 5.91 Å². The molecule has 1 aromatic carbocycles. The zero-order valence-electron chi connectivity index (χ0n) is 12.1. The van der Waals surface area contributed by atoms with Gasteiger partial charge in [0.1, 0.15) is 11.7 Å². The lowest BCUT2D eigenvalue weighted by atomic mass is 9.82. The Balaban J connectivity index is 1.71. The predicted molar refractivity (Wildman–Crippen MR) is 78.7 cm³/mol. The number of amides is 1. The molecule has 0 aromatic heterocycles. The summed E-state index contributed by atoms with van der Waals surface area (Å²) in [5, 5.41) is 12.1. The molecule has 1 amide bonds. The van der Waals surface area contributed by atoms with Crippen LogP contribution >= 0.6 is 0 Å². The van der Waals surface area contributed by atoms with Crippen LogP contribution in [0.5, 0.6) is 5.75 Å². The largest absolute Gasteiger partial charge is 0.494 e. The normalized spacial score (nSPS) is 28.6. The van der Waals surface area contributed by atoms with E-state index in [2.05, 4.69) is 5.32 Å². The van der Waals surface area contributed by atoms with E-state index in [1.807, 2.05) is 6.92 Å². The van der Waals surface area contributed by atoms with Crippen LogP contribution in [0.3, 0.4) is 0 Å². The van der Waals surface area contributed by atoms with Crippen molar-refractivity contribution in [2.45, 2.75) is 19.1 Å². The molecule has 0 aliphatic carbocycles. The highest BCUT2D eigenvalue weighted by Crippen LogP contribution is 2.39. The smallest absolute Gasteiger partial charge is 0.310 e. The Morgan fingerprint density at radius 2 is 1.82 bits per heavy atom. The maximum atomic E-state index is 12.4. The quantitative estimate of drug-likeness (QED) is 0.808. The molecule has 0 spiro atoms. The van der Waals surface area contributed by atoms with Crippen LogP contribution in [0.25, 0.3) is 0 Å². The summed E-state index contributed by atoms with van der Waals surface area (Å²) in [5.74, 6) is -2.18. The van der Waals surface area contributed by atoms with Crippen molar-refractivity contribution in [3.63, 3.8) is 0 Å². The second-order valence-electron chi connectivity index (χ2n) is 5.29. The van der Waals surface area contributed by atoms with Crippen LogP contribution in [-0.4, -0.2) is 35.8 Å². The molecular formula is C16H17NO5. The van der Waals surface area contributed by atoms with Crippen LogP contribution < -0.4 is 10.1 Å². The second-order valence-corrected chi connectivity index (χ2v) is 5.29. The Labute approximate surface area is 127 Å². The van der Waals surface area contributed by atoms with Crippen molar-refractivity contribution in [1.82, 2.24) is 0 Å². The molecule has 0 saturated carbocycles. The number of carbonyl (C=O) groups excluding carboxylic acids is 1. The number of fused-ring (bicyclic) bond motifs is 2. The van der Waals surface area contributed by atoms with Crippen molar-refractivity contribution in [2.75, 3.05) is 11.9 Å². The first kappa shape index (κ1) is 14.6. The molecule has 1 fully saturated rings. The number of carbonyl (C=O) groups is 2. The fourth-order valence-electron chi connectivity index (χ4n) is 2.94. The number of ether oxygens (including phenoxy) is 2. The maximum absolute atomic E-state index is 12.4. The molecule has 2 bridgehead atoms. The Hall–Kier alpha value is -2.34. The summed E-state index contributed by atoms with van der Waals surface area (Å²) in [6.07, 6.45) is 2.49. The van der Waals surface area contributed by atoms with Gasteiger partial charge >= 0.3 is 5.97 Å². The SMILES string of the molecule is CCOc1ccc(NC(=O)[C@@H]2[C@@H](C(=O)O)[C@H]3C=C[C@H]2O3)cc1. The Morgan fingerprint density at radius 1 is 1.18 bits per heavy atom. The van der Waals surface area contributed by atoms with Crippen LogP contribution in [0, 0.1) is 11.8 Å². The zero-order valence-corrected chi connectivity index (χ0v) is 12.1. The Kier molecular flexibility index (Phi) is 3.85. The fraction of sp³-hybridized carbons (Fsp3) is 0.375. The molecule has 1 aromatic rings. The molecule has 6 nitrogen and oxygen atoms in total. The molecule has 2 aliphatic heterocycles. The summed E-state index contributed by atoms with van der Waals surface area (Å²) < 4.78 is 10.8. The van der Waals surface area contributed by atoms with Crippen LogP contribution in [-0.2, 0) is 14.3 Å². The number of carboxylic acid groups (broad SMARTS) is 1. The van der Waals surface area contributed by atoms with Gasteiger partial charge in [0.15, 0.2) is 0 Å². The molecule has 0 radical (unpaired) electrons. The van der Waals surface area contributed by atoms with Gasteiger partial charge in [-0.2, -0.15) is 0 Å². The average molecular weight is 303 g/mol. The third kappa shape index (κ3) is 2.57. The van der Waals surface area contributed by atoms with Crippen molar-refractivity contribution in [3.05, 3.63) is 36.4 Å². The number of aliphatic carboxylic acids is 1. The third-order valence-electron chi connectivity index (χ3n) is 3.92. The molecule has 6 heteroatoms. The van der Waals surface area contributed by atoms with Crippen LogP contribution in [0.15, 0.2) is 36.4 Å². The van der Waals surface area contributed by atoms with Crippen LogP contribution in [0.2, 0.25) is 0 Å². The van der Waals surface area contributed by atoms with E-state index in [1.165, 1.54) is 0 Å². The second kappa shape index (κ2) is 5.81. The Morgan fingerprint density at radius 3 is 2.41 bits per heavy atom. The molecule has 4 atom stereocenters. The van der Waals surface area contributed by atoms with Crippen molar-refractivity contribution in [3.8, 4) is 5.75 Å². The fourth-order valence-corrected chi connectivity index (χ4v) is 2.94. The third-order valence-corrected chi connectivity index (χ3v) is 3.92. The summed E-state index contributed by atoms with van der Waals surface area (Å²) in [4.78, 5) is 23.8. The molecule has 2 N–H and O–H groups in total. The standard InChI is InChI=1S/C16H17NO5/c1-2-21-10-5-3-9(4-6-10)17-15(18)13-11-7-8-12(22-11)14(13)16(19)20/h3-8,11-14H,2H2,1H3,(H,17,18)(H,19,20)/t11-,12-,13+,14+/m1/s1. The number of rotatable bonds is 5. The topological polar surface area (TPSA) is 84.9 Å². The molecule has 3 rings (SSSR count). The van der Waals surface area contributed by atoms with Gasteiger partial charge in [0.05, 0.1) is 24.7 Å². The van der Waals surface area contributed by atoms with Crippen molar-refractivity contribution in [2.24, 2.45) is 11.8 Å². The first-order valence-electron chi connectivity index (χ1n) is 7.20. The summed E-state index contributed by atoms with van der Waals surface area (Å²) in [6, 6.07) is 6.96. The minimum Gasteiger partial charge on any atom is -0.494 e. The highest BCUT2D eigenvalue weighted by molar-refractivity contribution is 5.96. The van der Waals surface area contributed by atoms with Crippen molar-refractivity contribution in [1.29, 1.82) is 0 Å². The summed E-state index contributed by atoms with van der Waals surface area (Å²) in [5.41, 5.74) is 0.601. The average Bonchev–Trinajstić information content (AvgIpc) is 3.10. The van der Waals surface area contributed by atoms with E-state index < -0.39 is 30.0 Å². The molecular weight excluding hydrogens is 286 g/mol. The van der Waals surface area contributed by atoms with Crippen LogP contribution in [0.4, 0.5) is 5.69 Å². The molecule has 116 valence electrons. The van der Waals surface area contributed by atoms with Crippen molar-refractivity contribution >= 4 is 17.6 Å². The number of carboxylic acids is 1. The van der Waals surface area contributed by atoms with E-state index in [1.54, 1.807) is 36.4 Å². The molecule has 2 aliphatic rings. The van der Waals surface area contributed by atoms with Gasteiger partial charge in [0, 0.05) is 5.69 Å². The van der Waals surface area contributed by atoms with E-state index in [9.17, 15) is 14.7 Å². The summed E-state index contributed by atoms with van der Waals surface area (Å²) in [7, 11) is 0. The van der Waals surface area contributed by atoms with Gasteiger partial charge in [0.2, 0.25) is 5.91 Å². The van der Waals surface area contributed by atoms with Crippen LogP contribution in [0.1, 0.15) is 6.92 Å². The summed E-state index contributed by atoms with van der Waals surface area (Å²) in [6.45, 7) is 2.46. The number of hydrogen-bond donors (Lipinski definition) is 2. The van der Waals surface area contributed by atoms with Gasteiger partial charge in [-0.25, -0.2) is 0 Å². The van der Waals surface area contributed by atoms with E-state index >= 15 is 0 Å². The molecule has 1 saturated heterocycles. The Bertz CT molecular complexity index is 609. The first-order valence-corrected chi connectivity index (χ1v) is 7.20. The number of benzene rings is 1. The van der Waals surface area contributed by atoms with Gasteiger partial charge < -0.3 is 19.9 Å². The number of hydrogen-bond acceptors (Lipinski definition) is 4. The van der Waals surface area contributed by atoms with Gasteiger partial charge in [-0.05, 0) is 31.2 Å². The first-order chi connectivity index (χ1) is 10.6. The summed E-state index contributed by atoms with van der Waals surface area (Å²) >= 11 is 0. The van der Waals surface area contributed by atoms with Crippen molar-refractivity contribution < 1.29 is 24.2 Å². The highest BCUT2D eigenvalue weighted by Gasteiger charge is 2.53. The minimum absolute atomic E-state index is 0.339. The minimum atomic E-state index is -1.01. The van der Waals surface area contributed by atoms with E-state index in [0.717, 1.165) is 5.75 Å². The molecule has 0 unspecified atom stereocenters.